The summed E-state index contributed by atoms with van der Waals surface area (Å²) in [5.41, 5.74) is -3.37. The maximum Gasteiger partial charge on any atom is 0.416 e. The number of carbonyl (C=O) groups excluding carboxylic acids is 1. The normalized spacial score (nSPS) is 16.3. The molecule has 2 rings (SSSR count). The van der Waals surface area contributed by atoms with Gasteiger partial charge < -0.3 is 10.1 Å². The molecule has 1 heterocycles. The number of halogens is 6. The van der Waals surface area contributed by atoms with Crippen LogP contribution in [0.15, 0.2) is 18.2 Å². The van der Waals surface area contributed by atoms with Crippen molar-refractivity contribution in [2.24, 2.45) is 5.92 Å². The van der Waals surface area contributed by atoms with Crippen LogP contribution in [-0.2, 0) is 28.5 Å². The monoisotopic (exact) mass is 327 g/mol. The number of rotatable bonds is 3. The molecule has 1 aromatic carbocycles. The van der Waals surface area contributed by atoms with Crippen LogP contribution in [0.4, 0.5) is 26.3 Å². The highest BCUT2D eigenvalue weighted by Crippen LogP contribution is 2.37. The smallest absolute Gasteiger partial charge is 0.416 e. The highest BCUT2D eigenvalue weighted by Gasteiger charge is 2.38. The molecule has 9 heteroatoms. The number of hydrogen-bond acceptors (Lipinski definition) is 3. The highest BCUT2D eigenvalue weighted by molar-refractivity contribution is 5.74. The van der Waals surface area contributed by atoms with Crippen molar-refractivity contribution in [2.45, 2.75) is 19.0 Å². The summed E-state index contributed by atoms with van der Waals surface area (Å²) in [5.74, 6) is -1.10. The molecule has 0 aromatic heterocycles. The first-order chi connectivity index (χ1) is 10.1. The van der Waals surface area contributed by atoms with Gasteiger partial charge in [0.25, 0.3) is 0 Å². The Morgan fingerprint density at radius 2 is 1.77 bits per heavy atom. The van der Waals surface area contributed by atoms with Crippen LogP contribution in [0.3, 0.4) is 0 Å². The standard InChI is InChI=1S/C13H11F6NO2/c14-12(15,16)9-2-1-7(10(3-9)13(17,18)19)6-22-11(21)8-4-20-5-8/h1-3,8,20H,4-6H2. The predicted molar refractivity (Wildman–Crippen MR) is 62.6 cm³/mol. The Kier molecular flexibility index (Phi) is 4.37. The van der Waals surface area contributed by atoms with E-state index in [1.165, 1.54) is 0 Å². The molecule has 122 valence electrons. The van der Waals surface area contributed by atoms with Crippen molar-refractivity contribution >= 4 is 5.97 Å². The fourth-order valence-electron chi connectivity index (χ4n) is 1.86. The first-order valence-corrected chi connectivity index (χ1v) is 6.23. The molecule has 0 aliphatic carbocycles. The molecule has 22 heavy (non-hydrogen) atoms. The van der Waals surface area contributed by atoms with Gasteiger partial charge in [-0.2, -0.15) is 26.3 Å². The molecular formula is C13H11F6NO2. The van der Waals surface area contributed by atoms with E-state index in [1.807, 2.05) is 0 Å². The second-order valence-electron chi connectivity index (χ2n) is 4.83. The molecule has 1 N–H and O–H groups in total. The molecule has 1 aliphatic rings. The summed E-state index contributed by atoms with van der Waals surface area (Å²) in [5, 5.41) is 2.79. The van der Waals surface area contributed by atoms with E-state index in [9.17, 15) is 31.1 Å². The van der Waals surface area contributed by atoms with Crippen molar-refractivity contribution in [3.63, 3.8) is 0 Å². The molecule has 0 amide bonds. The minimum atomic E-state index is -4.97. The summed E-state index contributed by atoms with van der Waals surface area (Å²) in [4.78, 5) is 11.5. The average molecular weight is 327 g/mol. The molecule has 1 fully saturated rings. The van der Waals surface area contributed by atoms with E-state index >= 15 is 0 Å². The average Bonchev–Trinajstić information content (AvgIpc) is 2.31. The summed E-state index contributed by atoms with van der Waals surface area (Å²) in [6, 6.07) is 1.23. The van der Waals surface area contributed by atoms with E-state index in [4.69, 9.17) is 4.74 Å². The van der Waals surface area contributed by atoms with Crippen LogP contribution in [0.25, 0.3) is 0 Å². The second kappa shape index (κ2) is 5.79. The first kappa shape index (κ1) is 16.6. The van der Waals surface area contributed by atoms with Gasteiger partial charge in [0, 0.05) is 18.7 Å². The lowest BCUT2D eigenvalue weighted by atomic mass is 10.0. The zero-order valence-corrected chi connectivity index (χ0v) is 11.0. The number of esters is 1. The molecule has 1 aromatic rings. The summed E-state index contributed by atoms with van der Waals surface area (Å²) in [6.07, 6.45) is -9.85. The maximum atomic E-state index is 12.9. The Morgan fingerprint density at radius 3 is 2.23 bits per heavy atom. The van der Waals surface area contributed by atoms with Gasteiger partial charge in [0.05, 0.1) is 17.0 Å². The maximum absolute atomic E-state index is 12.9. The van der Waals surface area contributed by atoms with Crippen molar-refractivity contribution in [1.29, 1.82) is 0 Å². The number of alkyl halides is 6. The van der Waals surface area contributed by atoms with E-state index in [0.29, 0.717) is 25.2 Å². The van der Waals surface area contributed by atoms with Gasteiger partial charge in [0.1, 0.15) is 6.61 Å². The first-order valence-electron chi connectivity index (χ1n) is 6.23. The Bertz CT molecular complexity index is 563. The van der Waals surface area contributed by atoms with Gasteiger partial charge in [-0.05, 0) is 12.1 Å². The SMILES string of the molecule is O=C(OCc1ccc(C(F)(F)F)cc1C(F)(F)F)C1CNC1. The van der Waals surface area contributed by atoms with E-state index in [1.54, 1.807) is 0 Å². The summed E-state index contributed by atoms with van der Waals surface area (Å²) in [7, 11) is 0. The molecule has 0 unspecified atom stereocenters. The Morgan fingerprint density at radius 1 is 1.14 bits per heavy atom. The number of ether oxygens (including phenoxy) is 1. The van der Waals surface area contributed by atoms with Crippen LogP contribution >= 0.6 is 0 Å². The fraction of sp³-hybridized carbons (Fsp3) is 0.462. The van der Waals surface area contributed by atoms with Crippen molar-refractivity contribution in [3.05, 3.63) is 34.9 Å². The van der Waals surface area contributed by atoms with Crippen molar-refractivity contribution in [2.75, 3.05) is 13.1 Å². The van der Waals surface area contributed by atoms with Gasteiger partial charge in [0.15, 0.2) is 0 Å². The zero-order chi connectivity index (χ0) is 16.5. The van der Waals surface area contributed by atoms with Crippen LogP contribution in [0, 0.1) is 5.92 Å². The molecule has 0 radical (unpaired) electrons. The lowest BCUT2D eigenvalue weighted by Crippen LogP contribution is -2.47. The third-order valence-corrected chi connectivity index (χ3v) is 3.23. The summed E-state index contributed by atoms with van der Waals surface area (Å²) < 4.78 is 80.8. The molecule has 0 spiro atoms. The van der Waals surface area contributed by atoms with Gasteiger partial charge in [-0.25, -0.2) is 0 Å². The van der Waals surface area contributed by atoms with Gasteiger partial charge in [-0.1, -0.05) is 6.07 Å². The van der Waals surface area contributed by atoms with Gasteiger partial charge >= 0.3 is 18.3 Å². The number of benzene rings is 1. The second-order valence-corrected chi connectivity index (χ2v) is 4.83. The zero-order valence-electron chi connectivity index (χ0n) is 11.0. The van der Waals surface area contributed by atoms with Crippen molar-refractivity contribution in [1.82, 2.24) is 5.32 Å². The largest absolute Gasteiger partial charge is 0.461 e. The number of nitrogens with one attached hydrogen (secondary N) is 1. The predicted octanol–water partition coefficient (Wildman–Crippen LogP) is 2.99. The fourth-order valence-corrected chi connectivity index (χ4v) is 1.86. The van der Waals surface area contributed by atoms with E-state index in [2.05, 4.69) is 5.32 Å². The van der Waals surface area contributed by atoms with Gasteiger partial charge in [-0.3, -0.25) is 4.79 Å². The summed E-state index contributed by atoms with van der Waals surface area (Å²) in [6.45, 7) is 0.0261. The molecule has 0 bridgehead atoms. The molecule has 0 atom stereocenters. The van der Waals surface area contributed by atoms with E-state index in [-0.39, 0.29) is 6.07 Å². The lowest BCUT2D eigenvalue weighted by Gasteiger charge is -2.25. The minimum absolute atomic E-state index is 0.0219. The Labute approximate surface area is 121 Å². The Hall–Kier alpha value is -1.77. The highest BCUT2D eigenvalue weighted by atomic mass is 19.4. The van der Waals surface area contributed by atoms with E-state index in [0.717, 1.165) is 0 Å². The topological polar surface area (TPSA) is 38.3 Å². The molecule has 1 aliphatic heterocycles. The summed E-state index contributed by atoms with van der Waals surface area (Å²) >= 11 is 0. The van der Waals surface area contributed by atoms with Gasteiger partial charge in [-0.15, -0.1) is 0 Å². The molecular weight excluding hydrogens is 316 g/mol. The van der Waals surface area contributed by atoms with Crippen LogP contribution < -0.4 is 5.32 Å². The van der Waals surface area contributed by atoms with Crippen molar-refractivity contribution in [3.8, 4) is 0 Å². The number of carbonyl (C=O) groups is 1. The quantitative estimate of drug-likeness (QED) is 0.685. The van der Waals surface area contributed by atoms with Crippen LogP contribution in [0.2, 0.25) is 0 Å². The third kappa shape index (κ3) is 3.70. The molecule has 1 saturated heterocycles. The molecule has 0 saturated carbocycles. The van der Waals surface area contributed by atoms with Crippen LogP contribution in [0.1, 0.15) is 16.7 Å². The minimum Gasteiger partial charge on any atom is -0.461 e. The Balaban J connectivity index is 2.20. The molecule has 3 nitrogen and oxygen atoms in total. The van der Waals surface area contributed by atoms with Gasteiger partial charge in [0.2, 0.25) is 0 Å². The lowest BCUT2D eigenvalue weighted by molar-refractivity contribution is -0.154. The number of hydrogen-bond donors (Lipinski definition) is 1. The third-order valence-electron chi connectivity index (χ3n) is 3.23. The van der Waals surface area contributed by atoms with Crippen molar-refractivity contribution < 1.29 is 35.9 Å². The van der Waals surface area contributed by atoms with Crippen LogP contribution in [0.5, 0.6) is 0 Å². The van der Waals surface area contributed by atoms with E-state index < -0.39 is 47.5 Å². The van der Waals surface area contributed by atoms with Crippen LogP contribution in [-0.4, -0.2) is 19.1 Å².